The average molecular weight is 345 g/mol. The van der Waals surface area contributed by atoms with E-state index >= 15 is 0 Å². The summed E-state index contributed by atoms with van der Waals surface area (Å²) in [5, 5.41) is 0. The van der Waals surface area contributed by atoms with Gasteiger partial charge in [-0.25, -0.2) is 0 Å². The molecule has 1 aliphatic carbocycles. The van der Waals surface area contributed by atoms with Gasteiger partial charge in [0.05, 0.1) is 5.69 Å². The summed E-state index contributed by atoms with van der Waals surface area (Å²) in [6, 6.07) is 7.65. The summed E-state index contributed by atoms with van der Waals surface area (Å²) in [5.41, 5.74) is 7.00. The highest BCUT2D eigenvalue weighted by molar-refractivity contribution is 7.89. The van der Waals surface area contributed by atoms with Crippen LogP contribution in [0.5, 0.6) is 0 Å². The van der Waals surface area contributed by atoms with Gasteiger partial charge in [0.15, 0.2) is 0 Å². The van der Waals surface area contributed by atoms with E-state index in [2.05, 4.69) is 0 Å². The zero-order valence-corrected chi connectivity index (χ0v) is 12.5. The molecule has 2 aromatic rings. The van der Waals surface area contributed by atoms with Gasteiger partial charge < -0.3 is 5.73 Å². The van der Waals surface area contributed by atoms with Crippen LogP contribution in [0.25, 0.3) is 11.1 Å². The SMILES string of the molecule is Nc1c2c(cc(S(=O)(=O)F)c1S(=O)(=O)F)-c1ccccc1C2. The number of halogens is 2. The van der Waals surface area contributed by atoms with Crippen LogP contribution in [0.4, 0.5) is 13.5 Å². The lowest BCUT2D eigenvalue weighted by molar-refractivity contribution is 0.536. The third kappa shape index (κ3) is 2.17. The number of hydrogen-bond acceptors (Lipinski definition) is 5. The summed E-state index contributed by atoms with van der Waals surface area (Å²) >= 11 is 0. The zero-order valence-electron chi connectivity index (χ0n) is 10.9. The molecule has 0 radical (unpaired) electrons. The van der Waals surface area contributed by atoms with E-state index in [0.29, 0.717) is 5.56 Å². The summed E-state index contributed by atoms with van der Waals surface area (Å²) in [6.07, 6.45) is 0.215. The molecule has 0 aliphatic heterocycles. The zero-order chi connectivity index (χ0) is 16.3. The molecule has 0 aromatic heterocycles. The van der Waals surface area contributed by atoms with Crippen LogP contribution in [0.15, 0.2) is 40.1 Å². The first-order chi connectivity index (χ1) is 10.1. The summed E-state index contributed by atoms with van der Waals surface area (Å²) < 4.78 is 71.7. The van der Waals surface area contributed by atoms with Crippen molar-refractivity contribution in [1.29, 1.82) is 0 Å². The molecule has 1 aliphatic rings. The molecule has 2 N–H and O–H groups in total. The van der Waals surface area contributed by atoms with Crippen LogP contribution in [0.3, 0.4) is 0 Å². The molecular formula is C13H9F2NO4S2. The Morgan fingerprint density at radius 1 is 0.955 bits per heavy atom. The Bertz CT molecular complexity index is 1010. The normalized spacial score (nSPS) is 13.7. The largest absolute Gasteiger partial charge is 0.397 e. The standard InChI is InChI=1S/C13H9F2NO4S2/c14-21(17,18)11-6-9-8-4-2-1-3-7(8)5-10(9)12(16)13(11)22(15,19)20/h1-4,6H,5,16H2. The molecule has 3 rings (SSSR count). The van der Waals surface area contributed by atoms with Gasteiger partial charge in [-0.2, -0.15) is 16.8 Å². The molecule has 9 heteroatoms. The maximum absolute atomic E-state index is 13.4. The van der Waals surface area contributed by atoms with Crippen LogP contribution < -0.4 is 5.73 Å². The monoisotopic (exact) mass is 345 g/mol. The summed E-state index contributed by atoms with van der Waals surface area (Å²) in [7, 11) is -11.0. The molecule has 0 atom stereocenters. The lowest BCUT2D eigenvalue weighted by atomic mass is 10.1. The highest BCUT2D eigenvalue weighted by atomic mass is 32.3. The minimum Gasteiger partial charge on any atom is -0.397 e. The number of fused-ring (bicyclic) bond motifs is 3. The highest BCUT2D eigenvalue weighted by Gasteiger charge is 2.34. The van der Waals surface area contributed by atoms with Crippen molar-refractivity contribution in [2.24, 2.45) is 0 Å². The predicted molar refractivity (Wildman–Crippen MR) is 75.7 cm³/mol. The molecule has 0 saturated carbocycles. The summed E-state index contributed by atoms with van der Waals surface area (Å²) in [4.78, 5) is -2.61. The van der Waals surface area contributed by atoms with Gasteiger partial charge in [0.25, 0.3) is 0 Å². The van der Waals surface area contributed by atoms with Crippen molar-refractivity contribution in [2.75, 3.05) is 5.73 Å². The van der Waals surface area contributed by atoms with Crippen LogP contribution in [0, 0.1) is 0 Å². The van der Waals surface area contributed by atoms with Crippen LogP contribution >= 0.6 is 0 Å². The fraction of sp³-hybridized carbons (Fsp3) is 0.0769. The smallest absolute Gasteiger partial charge is 0.335 e. The van der Waals surface area contributed by atoms with Crippen molar-refractivity contribution in [3.63, 3.8) is 0 Å². The van der Waals surface area contributed by atoms with Crippen LogP contribution in [-0.2, 0) is 26.9 Å². The van der Waals surface area contributed by atoms with Gasteiger partial charge >= 0.3 is 20.4 Å². The minimum absolute atomic E-state index is 0.215. The first kappa shape index (κ1) is 14.9. The van der Waals surface area contributed by atoms with Gasteiger partial charge in [0, 0.05) is 6.42 Å². The third-order valence-electron chi connectivity index (χ3n) is 3.58. The quantitative estimate of drug-likeness (QED) is 0.567. The molecule has 0 amide bonds. The number of hydrogen-bond donors (Lipinski definition) is 1. The molecule has 5 nitrogen and oxygen atoms in total. The Morgan fingerprint density at radius 2 is 1.59 bits per heavy atom. The second kappa shape index (κ2) is 4.50. The molecule has 2 aromatic carbocycles. The van der Waals surface area contributed by atoms with Gasteiger partial charge in [-0.1, -0.05) is 24.3 Å². The molecular weight excluding hydrogens is 336 g/mol. The fourth-order valence-electron chi connectivity index (χ4n) is 2.69. The van der Waals surface area contributed by atoms with Gasteiger partial charge in [-0.15, -0.1) is 7.77 Å². The number of nitrogens with two attached hydrogens (primary N) is 1. The molecule has 0 saturated heterocycles. The van der Waals surface area contributed by atoms with Crippen molar-refractivity contribution < 1.29 is 24.6 Å². The lowest BCUT2D eigenvalue weighted by Gasteiger charge is -2.11. The van der Waals surface area contributed by atoms with Crippen LogP contribution in [-0.4, -0.2) is 16.8 Å². The second-order valence-electron chi connectivity index (χ2n) is 4.85. The van der Waals surface area contributed by atoms with Gasteiger partial charge in [-0.3, -0.25) is 0 Å². The van der Waals surface area contributed by atoms with Crippen LogP contribution in [0.1, 0.15) is 11.1 Å². The van der Waals surface area contributed by atoms with Gasteiger partial charge in [0.1, 0.15) is 9.79 Å². The van der Waals surface area contributed by atoms with Crippen molar-refractivity contribution >= 4 is 26.1 Å². The Morgan fingerprint density at radius 3 is 2.18 bits per heavy atom. The fourth-order valence-corrected chi connectivity index (χ4v) is 4.56. The summed E-state index contributed by atoms with van der Waals surface area (Å²) in [6.45, 7) is 0. The number of nitrogen functional groups attached to an aromatic ring is 1. The number of anilines is 1. The van der Waals surface area contributed by atoms with E-state index in [4.69, 9.17) is 5.73 Å². The predicted octanol–water partition coefficient (Wildman–Crippen LogP) is 2.16. The van der Waals surface area contributed by atoms with E-state index in [9.17, 15) is 24.6 Å². The van der Waals surface area contributed by atoms with E-state index < -0.39 is 35.9 Å². The second-order valence-corrected chi connectivity index (χ2v) is 7.45. The van der Waals surface area contributed by atoms with E-state index in [1.807, 2.05) is 0 Å². The van der Waals surface area contributed by atoms with Crippen molar-refractivity contribution in [3.05, 3.63) is 41.5 Å². The molecule has 0 fully saturated rings. The maximum atomic E-state index is 13.4. The molecule has 22 heavy (non-hydrogen) atoms. The minimum atomic E-state index is -5.50. The van der Waals surface area contributed by atoms with E-state index in [-0.39, 0.29) is 17.5 Å². The lowest BCUT2D eigenvalue weighted by Crippen LogP contribution is -2.09. The maximum Gasteiger partial charge on any atom is 0.335 e. The van der Waals surface area contributed by atoms with E-state index in [0.717, 1.165) is 11.6 Å². The van der Waals surface area contributed by atoms with E-state index in [1.54, 1.807) is 24.3 Å². The first-order valence-electron chi connectivity index (χ1n) is 6.03. The first-order valence-corrected chi connectivity index (χ1v) is 8.80. The Kier molecular flexibility index (Phi) is 3.05. The molecule has 0 heterocycles. The average Bonchev–Trinajstić information content (AvgIpc) is 2.75. The Balaban J connectivity index is 2.47. The highest BCUT2D eigenvalue weighted by Crippen LogP contribution is 2.45. The number of rotatable bonds is 2. The molecule has 116 valence electrons. The number of benzene rings is 2. The Hall–Kier alpha value is -2.00. The van der Waals surface area contributed by atoms with Crippen molar-refractivity contribution in [3.8, 4) is 11.1 Å². The van der Waals surface area contributed by atoms with Gasteiger partial charge in [-0.05, 0) is 28.3 Å². The van der Waals surface area contributed by atoms with Crippen molar-refractivity contribution in [1.82, 2.24) is 0 Å². The van der Waals surface area contributed by atoms with Gasteiger partial charge in [0.2, 0.25) is 0 Å². The molecule has 0 unspecified atom stereocenters. The third-order valence-corrected chi connectivity index (χ3v) is 5.48. The topological polar surface area (TPSA) is 94.3 Å². The van der Waals surface area contributed by atoms with Crippen molar-refractivity contribution in [2.45, 2.75) is 16.2 Å². The Labute approximate surface area is 125 Å². The molecule has 0 bridgehead atoms. The summed E-state index contributed by atoms with van der Waals surface area (Å²) in [5.74, 6) is 0. The van der Waals surface area contributed by atoms with E-state index in [1.165, 1.54) is 0 Å². The molecule has 0 spiro atoms. The van der Waals surface area contributed by atoms with Crippen LogP contribution in [0.2, 0.25) is 0 Å².